The van der Waals surface area contributed by atoms with Crippen molar-refractivity contribution in [2.75, 3.05) is 13.1 Å². The Bertz CT molecular complexity index is 1000. The van der Waals surface area contributed by atoms with Gasteiger partial charge in [-0.15, -0.1) is 0 Å². The van der Waals surface area contributed by atoms with Crippen LogP contribution in [0.3, 0.4) is 0 Å². The van der Waals surface area contributed by atoms with E-state index in [-0.39, 0.29) is 20.9 Å². The van der Waals surface area contributed by atoms with Gasteiger partial charge in [0.25, 0.3) is 0 Å². The average Bonchev–Trinajstić information content (AvgIpc) is 2.61. The first kappa shape index (κ1) is 21.6. The molecule has 0 fully saturated rings. The van der Waals surface area contributed by atoms with E-state index in [1.54, 1.807) is 6.07 Å². The van der Waals surface area contributed by atoms with Crippen molar-refractivity contribution in [3.8, 4) is 5.75 Å². The number of phenolic OH excluding ortho intramolecular Hbond substituents is 1. The third-order valence-electron chi connectivity index (χ3n) is 4.14. The zero-order valence-corrected chi connectivity index (χ0v) is 17.2. The van der Waals surface area contributed by atoms with E-state index in [0.717, 1.165) is 18.9 Å². The Morgan fingerprint density at radius 3 is 2.07 bits per heavy atom. The maximum Gasteiger partial charge on any atom is 0.241 e. The number of benzene rings is 2. The molecule has 0 radical (unpaired) electrons. The highest BCUT2D eigenvalue weighted by Gasteiger charge is 2.22. The molecule has 2 rings (SSSR count). The summed E-state index contributed by atoms with van der Waals surface area (Å²) in [5.41, 5.74) is 0. The molecule has 0 aromatic heterocycles. The lowest BCUT2D eigenvalue weighted by molar-refractivity contribution is 0.478. The summed E-state index contributed by atoms with van der Waals surface area (Å²) in [5, 5.41) is 10.9. The highest BCUT2D eigenvalue weighted by molar-refractivity contribution is 7.90. The number of unbranched alkanes of at least 4 members (excludes halogenated alkanes) is 2. The second-order valence-corrected chi connectivity index (χ2v) is 9.80. The molecule has 0 spiro atoms. The minimum Gasteiger partial charge on any atom is -0.507 e. The van der Waals surface area contributed by atoms with Gasteiger partial charge >= 0.3 is 0 Å². The molecule has 2 aromatic carbocycles. The van der Waals surface area contributed by atoms with E-state index in [2.05, 4.69) is 9.44 Å². The number of rotatable bonds is 10. The highest BCUT2D eigenvalue weighted by atomic mass is 32.2. The molecule has 0 unspecified atom stereocenters. The van der Waals surface area contributed by atoms with Crippen LogP contribution in [0.4, 0.5) is 0 Å². The Hall–Kier alpha value is -1.68. The SMILES string of the molecule is CCCCNS(=O)(=O)c1cc(O)c2c(S(=O)(=O)NCCCC)cccc2c1. The van der Waals surface area contributed by atoms with Gasteiger partial charge < -0.3 is 5.11 Å². The summed E-state index contributed by atoms with van der Waals surface area (Å²) in [6.45, 7) is 4.50. The van der Waals surface area contributed by atoms with Crippen LogP contribution in [0, 0.1) is 0 Å². The van der Waals surface area contributed by atoms with Crippen molar-refractivity contribution < 1.29 is 21.9 Å². The monoisotopic (exact) mass is 414 g/mol. The lowest BCUT2D eigenvalue weighted by Gasteiger charge is -2.13. The molecule has 27 heavy (non-hydrogen) atoms. The predicted molar refractivity (Wildman–Crippen MR) is 106 cm³/mol. The number of nitrogens with one attached hydrogen (secondary N) is 2. The van der Waals surface area contributed by atoms with Crippen LogP contribution in [0.2, 0.25) is 0 Å². The second-order valence-electron chi connectivity index (χ2n) is 6.30. The molecule has 0 saturated heterocycles. The Morgan fingerprint density at radius 1 is 0.889 bits per heavy atom. The Labute approximate surface area is 160 Å². The van der Waals surface area contributed by atoms with Gasteiger partial charge in [-0.3, -0.25) is 0 Å². The summed E-state index contributed by atoms with van der Waals surface area (Å²) < 4.78 is 54.9. The van der Waals surface area contributed by atoms with Crippen molar-refractivity contribution in [1.29, 1.82) is 0 Å². The van der Waals surface area contributed by atoms with Crippen molar-refractivity contribution in [2.45, 2.75) is 49.3 Å². The topological polar surface area (TPSA) is 113 Å². The smallest absolute Gasteiger partial charge is 0.241 e. The predicted octanol–water partition coefficient (Wildman–Crippen LogP) is 2.70. The normalized spacial score (nSPS) is 12.5. The van der Waals surface area contributed by atoms with Crippen molar-refractivity contribution in [2.24, 2.45) is 0 Å². The van der Waals surface area contributed by atoms with Crippen LogP contribution in [-0.2, 0) is 20.0 Å². The molecule has 150 valence electrons. The first-order valence-corrected chi connectivity index (χ1v) is 11.9. The zero-order chi connectivity index (χ0) is 20.1. The quantitative estimate of drug-likeness (QED) is 0.518. The minimum atomic E-state index is -3.82. The molecule has 0 heterocycles. The number of hydrogen-bond acceptors (Lipinski definition) is 5. The molecule has 0 aliphatic rings. The fourth-order valence-corrected chi connectivity index (χ4v) is 5.10. The molecular formula is C18H26N2O5S2. The van der Waals surface area contributed by atoms with E-state index in [1.165, 1.54) is 18.2 Å². The molecule has 7 nitrogen and oxygen atoms in total. The molecule has 0 saturated carbocycles. The number of hydrogen-bond donors (Lipinski definition) is 3. The van der Waals surface area contributed by atoms with E-state index >= 15 is 0 Å². The van der Waals surface area contributed by atoms with E-state index in [1.807, 2.05) is 13.8 Å². The van der Waals surface area contributed by atoms with Crippen LogP contribution in [0.15, 0.2) is 40.1 Å². The molecule has 3 N–H and O–H groups in total. The second kappa shape index (κ2) is 9.01. The fourth-order valence-electron chi connectivity index (χ4n) is 2.65. The summed E-state index contributed by atoms with van der Waals surface area (Å²) in [6.07, 6.45) is 3.08. The van der Waals surface area contributed by atoms with Gasteiger partial charge in [-0.25, -0.2) is 26.3 Å². The van der Waals surface area contributed by atoms with Gasteiger partial charge in [-0.05, 0) is 30.4 Å². The average molecular weight is 415 g/mol. The van der Waals surface area contributed by atoms with Crippen LogP contribution in [0.5, 0.6) is 5.75 Å². The molecule has 0 aliphatic carbocycles. The number of aromatic hydroxyl groups is 1. The summed E-state index contributed by atoms with van der Waals surface area (Å²) in [5.74, 6) is -0.389. The zero-order valence-electron chi connectivity index (χ0n) is 15.5. The van der Waals surface area contributed by atoms with Gasteiger partial charge in [0.1, 0.15) is 5.75 Å². The molecule has 0 atom stereocenters. The van der Waals surface area contributed by atoms with Gasteiger partial charge in [0.05, 0.1) is 9.79 Å². The van der Waals surface area contributed by atoms with Gasteiger partial charge in [-0.1, -0.05) is 38.8 Å². The maximum atomic E-state index is 12.6. The van der Waals surface area contributed by atoms with E-state index in [9.17, 15) is 21.9 Å². The number of fused-ring (bicyclic) bond motifs is 1. The molecule has 0 bridgehead atoms. The van der Waals surface area contributed by atoms with Crippen molar-refractivity contribution in [1.82, 2.24) is 9.44 Å². The summed E-state index contributed by atoms with van der Waals surface area (Å²) in [7, 11) is -7.61. The van der Waals surface area contributed by atoms with Crippen LogP contribution >= 0.6 is 0 Å². The van der Waals surface area contributed by atoms with Crippen LogP contribution in [0.25, 0.3) is 10.8 Å². The largest absolute Gasteiger partial charge is 0.507 e. The Morgan fingerprint density at radius 2 is 1.48 bits per heavy atom. The molecule has 2 aromatic rings. The third kappa shape index (κ3) is 5.19. The fraction of sp³-hybridized carbons (Fsp3) is 0.444. The van der Waals surface area contributed by atoms with Gasteiger partial charge in [0.2, 0.25) is 20.0 Å². The minimum absolute atomic E-state index is 0.0727. The van der Waals surface area contributed by atoms with Crippen molar-refractivity contribution in [3.63, 3.8) is 0 Å². The molecular weight excluding hydrogens is 388 g/mol. The highest BCUT2D eigenvalue weighted by Crippen LogP contribution is 2.33. The molecule has 0 aliphatic heterocycles. The van der Waals surface area contributed by atoms with Crippen LogP contribution < -0.4 is 9.44 Å². The van der Waals surface area contributed by atoms with E-state index < -0.39 is 20.0 Å². The van der Waals surface area contributed by atoms with E-state index in [0.29, 0.717) is 31.3 Å². The first-order valence-electron chi connectivity index (χ1n) is 8.98. The Balaban J connectivity index is 2.49. The van der Waals surface area contributed by atoms with Gasteiger partial charge in [-0.2, -0.15) is 0 Å². The number of sulfonamides is 2. The third-order valence-corrected chi connectivity index (χ3v) is 7.08. The number of phenols is 1. The lowest BCUT2D eigenvalue weighted by Crippen LogP contribution is -2.25. The standard InChI is InChI=1S/C18H26N2O5S2/c1-3-5-10-19-26(22,23)15-12-14-8-7-9-17(18(14)16(21)13-15)27(24,25)20-11-6-4-2/h7-9,12-13,19-21H,3-6,10-11H2,1-2H3. The van der Waals surface area contributed by atoms with Crippen molar-refractivity contribution in [3.05, 3.63) is 30.3 Å². The van der Waals surface area contributed by atoms with Crippen LogP contribution in [-0.4, -0.2) is 35.0 Å². The Kier molecular flexibility index (Phi) is 7.21. The van der Waals surface area contributed by atoms with Crippen LogP contribution in [0.1, 0.15) is 39.5 Å². The lowest BCUT2D eigenvalue weighted by atomic mass is 10.1. The molecule has 0 amide bonds. The van der Waals surface area contributed by atoms with Gasteiger partial charge in [0.15, 0.2) is 0 Å². The first-order chi connectivity index (χ1) is 12.7. The summed E-state index contributed by atoms with van der Waals surface area (Å²) in [6, 6.07) is 6.95. The summed E-state index contributed by atoms with van der Waals surface area (Å²) in [4.78, 5) is -0.173. The summed E-state index contributed by atoms with van der Waals surface area (Å²) >= 11 is 0. The van der Waals surface area contributed by atoms with E-state index in [4.69, 9.17) is 0 Å². The van der Waals surface area contributed by atoms with Gasteiger partial charge in [0, 0.05) is 24.5 Å². The van der Waals surface area contributed by atoms with Crippen molar-refractivity contribution >= 4 is 30.8 Å². The molecule has 9 heteroatoms. The maximum absolute atomic E-state index is 12.6.